The van der Waals surface area contributed by atoms with Crippen LogP contribution in [0, 0.1) is 6.92 Å². The minimum Gasteiger partial charge on any atom is -0.392 e. The lowest BCUT2D eigenvalue weighted by Crippen LogP contribution is -2.23. The van der Waals surface area contributed by atoms with Crippen molar-refractivity contribution in [1.82, 2.24) is 4.98 Å². The summed E-state index contributed by atoms with van der Waals surface area (Å²) in [7, 11) is 1.75. The molecule has 1 saturated heterocycles. The number of anilines is 1. The molecule has 0 amide bonds. The molecule has 0 bridgehead atoms. The summed E-state index contributed by atoms with van der Waals surface area (Å²) < 4.78 is 5.33. The van der Waals surface area contributed by atoms with E-state index in [0.29, 0.717) is 6.10 Å². The van der Waals surface area contributed by atoms with Crippen LogP contribution in [-0.2, 0) is 11.3 Å². The number of pyridine rings is 1. The Kier molecular flexibility index (Phi) is 3.41. The molecule has 4 heteroatoms. The van der Waals surface area contributed by atoms with E-state index in [1.54, 1.807) is 7.11 Å². The fourth-order valence-corrected chi connectivity index (χ4v) is 2.05. The van der Waals surface area contributed by atoms with Crippen molar-refractivity contribution in [3.05, 3.63) is 23.4 Å². The van der Waals surface area contributed by atoms with Crippen LogP contribution in [0.4, 0.5) is 5.82 Å². The summed E-state index contributed by atoms with van der Waals surface area (Å²) in [4.78, 5) is 6.73. The zero-order valence-corrected chi connectivity index (χ0v) is 9.81. The number of ether oxygens (including phenoxy) is 1. The van der Waals surface area contributed by atoms with Crippen molar-refractivity contribution in [3.63, 3.8) is 0 Å². The highest BCUT2D eigenvalue weighted by atomic mass is 16.5. The lowest BCUT2D eigenvalue weighted by molar-refractivity contribution is 0.121. The molecule has 1 aromatic heterocycles. The normalized spacial score (nSPS) is 20.4. The average Bonchev–Trinajstić information content (AvgIpc) is 2.77. The highest BCUT2D eigenvalue weighted by molar-refractivity contribution is 5.42. The summed E-state index contributed by atoms with van der Waals surface area (Å²) in [5.74, 6) is 0.981. The van der Waals surface area contributed by atoms with Crippen molar-refractivity contribution in [2.24, 2.45) is 0 Å². The first kappa shape index (κ1) is 11.4. The number of aliphatic hydroxyl groups is 1. The van der Waals surface area contributed by atoms with Crippen LogP contribution in [-0.4, -0.2) is 36.4 Å². The third-order valence-corrected chi connectivity index (χ3v) is 3.15. The monoisotopic (exact) mass is 222 g/mol. The van der Waals surface area contributed by atoms with Gasteiger partial charge in [-0.05, 0) is 25.0 Å². The maximum atomic E-state index is 9.08. The van der Waals surface area contributed by atoms with Gasteiger partial charge < -0.3 is 14.7 Å². The lowest BCUT2D eigenvalue weighted by Gasteiger charge is -2.18. The standard InChI is InChI=1S/C12H18N2O2/c1-9-10(8-15)3-4-12(13-9)14-6-5-11(7-14)16-2/h3-4,11,15H,5-8H2,1-2H3. The Morgan fingerprint density at radius 1 is 1.56 bits per heavy atom. The van der Waals surface area contributed by atoms with E-state index in [4.69, 9.17) is 9.84 Å². The lowest BCUT2D eigenvalue weighted by atomic mass is 10.2. The highest BCUT2D eigenvalue weighted by Gasteiger charge is 2.23. The topological polar surface area (TPSA) is 45.6 Å². The third-order valence-electron chi connectivity index (χ3n) is 3.15. The molecule has 0 spiro atoms. The molecule has 1 N–H and O–H groups in total. The van der Waals surface area contributed by atoms with Gasteiger partial charge in [-0.25, -0.2) is 4.98 Å². The number of aliphatic hydroxyl groups excluding tert-OH is 1. The first-order chi connectivity index (χ1) is 7.74. The molecule has 0 aliphatic carbocycles. The quantitative estimate of drug-likeness (QED) is 0.832. The number of hydrogen-bond acceptors (Lipinski definition) is 4. The number of aryl methyl sites for hydroxylation is 1. The van der Waals surface area contributed by atoms with Gasteiger partial charge in [-0.15, -0.1) is 0 Å². The van der Waals surface area contributed by atoms with Crippen LogP contribution < -0.4 is 4.90 Å². The van der Waals surface area contributed by atoms with Crippen LogP contribution in [0.25, 0.3) is 0 Å². The smallest absolute Gasteiger partial charge is 0.128 e. The molecular weight excluding hydrogens is 204 g/mol. The summed E-state index contributed by atoms with van der Waals surface area (Å²) in [6.45, 7) is 3.88. The Balaban J connectivity index is 2.13. The molecule has 0 aromatic carbocycles. The number of nitrogens with zero attached hydrogens (tertiary/aromatic N) is 2. The predicted molar refractivity (Wildman–Crippen MR) is 62.5 cm³/mol. The molecule has 1 unspecified atom stereocenters. The Labute approximate surface area is 95.9 Å². The zero-order chi connectivity index (χ0) is 11.5. The molecule has 4 nitrogen and oxygen atoms in total. The first-order valence-electron chi connectivity index (χ1n) is 5.59. The van der Waals surface area contributed by atoms with E-state index in [2.05, 4.69) is 9.88 Å². The van der Waals surface area contributed by atoms with Gasteiger partial charge in [-0.3, -0.25) is 0 Å². The summed E-state index contributed by atoms with van der Waals surface area (Å²) in [6, 6.07) is 3.91. The second-order valence-electron chi connectivity index (χ2n) is 4.16. The van der Waals surface area contributed by atoms with Crippen molar-refractivity contribution in [2.45, 2.75) is 26.1 Å². The molecule has 0 saturated carbocycles. The van der Waals surface area contributed by atoms with Crippen molar-refractivity contribution in [1.29, 1.82) is 0 Å². The second-order valence-corrected chi connectivity index (χ2v) is 4.16. The van der Waals surface area contributed by atoms with E-state index < -0.39 is 0 Å². The van der Waals surface area contributed by atoms with Crippen LogP contribution in [0.3, 0.4) is 0 Å². The molecule has 1 aromatic rings. The van der Waals surface area contributed by atoms with Crippen molar-refractivity contribution >= 4 is 5.82 Å². The number of methoxy groups -OCH3 is 1. The van der Waals surface area contributed by atoms with Gasteiger partial charge in [-0.2, -0.15) is 0 Å². The summed E-state index contributed by atoms with van der Waals surface area (Å²) in [6.07, 6.45) is 1.37. The second kappa shape index (κ2) is 4.80. The van der Waals surface area contributed by atoms with E-state index in [1.807, 2.05) is 19.1 Å². The van der Waals surface area contributed by atoms with E-state index >= 15 is 0 Å². The Morgan fingerprint density at radius 2 is 2.38 bits per heavy atom. The fraction of sp³-hybridized carbons (Fsp3) is 0.583. The van der Waals surface area contributed by atoms with Crippen LogP contribution in [0.2, 0.25) is 0 Å². The van der Waals surface area contributed by atoms with Crippen LogP contribution in [0.5, 0.6) is 0 Å². The highest BCUT2D eigenvalue weighted by Crippen LogP contribution is 2.21. The molecule has 1 aliphatic rings. The van der Waals surface area contributed by atoms with Crippen LogP contribution >= 0.6 is 0 Å². The zero-order valence-electron chi connectivity index (χ0n) is 9.81. The molecule has 16 heavy (non-hydrogen) atoms. The van der Waals surface area contributed by atoms with Crippen molar-refractivity contribution in [2.75, 3.05) is 25.1 Å². The molecule has 0 radical (unpaired) electrons. The average molecular weight is 222 g/mol. The minimum absolute atomic E-state index is 0.0554. The molecular formula is C12H18N2O2. The molecule has 88 valence electrons. The van der Waals surface area contributed by atoms with Gasteiger partial charge in [0.25, 0.3) is 0 Å². The SMILES string of the molecule is COC1CCN(c2ccc(CO)c(C)n2)C1. The van der Waals surface area contributed by atoms with Gasteiger partial charge in [0.05, 0.1) is 12.7 Å². The van der Waals surface area contributed by atoms with E-state index in [-0.39, 0.29) is 6.61 Å². The van der Waals surface area contributed by atoms with E-state index in [1.165, 1.54) is 0 Å². The van der Waals surface area contributed by atoms with E-state index in [9.17, 15) is 0 Å². The number of rotatable bonds is 3. The first-order valence-corrected chi connectivity index (χ1v) is 5.59. The summed E-state index contributed by atoms with van der Waals surface area (Å²) in [5, 5.41) is 9.08. The van der Waals surface area contributed by atoms with Crippen LogP contribution in [0.15, 0.2) is 12.1 Å². The Bertz CT molecular complexity index is 368. The Morgan fingerprint density at radius 3 is 2.94 bits per heavy atom. The van der Waals surface area contributed by atoms with Gasteiger partial charge in [0.1, 0.15) is 5.82 Å². The number of aromatic nitrogens is 1. The maximum Gasteiger partial charge on any atom is 0.128 e. The van der Waals surface area contributed by atoms with Crippen LogP contribution in [0.1, 0.15) is 17.7 Å². The Hall–Kier alpha value is -1.13. The molecule has 1 aliphatic heterocycles. The van der Waals surface area contributed by atoms with Gasteiger partial charge in [-0.1, -0.05) is 6.07 Å². The van der Waals surface area contributed by atoms with E-state index in [0.717, 1.165) is 36.6 Å². The molecule has 1 atom stereocenters. The van der Waals surface area contributed by atoms with Crippen molar-refractivity contribution < 1.29 is 9.84 Å². The molecule has 2 rings (SSSR count). The predicted octanol–water partition coefficient (Wildman–Crippen LogP) is 1.11. The molecule has 2 heterocycles. The fourth-order valence-electron chi connectivity index (χ4n) is 2.05. The van der Waals surface area contributed by atoms with Gasteiger partial charge in [0, 0.05) is 25.9 Å². The van der Waals surface area contributed by atoms with Gasteiger partial charge in [0.15, 0.2) is 0 Å². The maximum absolute atomic E-state index is 9.08. The third kappa shape index (κ3) is 2.18. The van der Waals surface area contributed by atoms with Gasteiger partial charge >= 0.3 is 0 Å². The van der Waals surface area contributed by atoms with Gasteiger partial charge in [0.2, 0.25) is 0 Å². The van der Waals surface area contributed by atoms with Crippen molar-refractivity contribution in [3.8, 4) is 0 Å². The molecule has 1 fully saturated rings. The summed E-state index contributed by atoms with van der Waals surface area (Å²) >= 11 is 0. The summed E-state index contributed by atoms with van der Waals surface area (Å²) in [5.41, 5.74) is 1.80. The number of hydrogen-bond donors (Lipinski definition) is 1. The largest absolute Gasteiger partial charge is 0.392 e. The minimum atomic E-state index is 0.0554.